The SMILES string of the molecule is CC(=O)N(CCN(C)C)CC(=O)N1CCN(C)CC1. The van der Waals surface area contributed by atoms with E-state index in [0.717, 1.165) is 32.7 Å². The van der Waals surface area contributed by atoms with Crippen molar-refractivity contribution < 1.29 is 9.59 Å². The molecule has 0 aromatic rings. The Hall–Kier alpha value is -1.14. The van der Waals surface area contributed by atoms with Crippen LogP contribution in [0.4, 0.5) is 0 Å². The van der Waals surface area contributed by atoms with E-state index in [1.165, 1.54) is 6.92 Å². The fourth-order valence-corrected chi connectivity index (χ4v) is 1.99. The number of hydrogen-bond acceptors (Lipinski definition) is 4. The topological polar surface area (TPSA) is 47.1 Å². The minimum absolute atomic E-state index is 0.0377. The molecule has 0 aromatic heterocycles. The van der Waals surface area contributed by atoms with Crippen LogP contribution >= 0.6 is 0 Å². The Morgan fingerprint density at radius 3 is 2.11 bits per heavy atom. The van der Waals surface area contributed by atoms with Crippen molar-refractivity contribution in [1.82, 2.24) is 19.6 Å². The molecule has 0 aromatic carbocycles. The van der Waals surface area contributed by atoms with Gasteiger partial charge in [0.25, 0.3) is 0 Å². The molecule has 1 rings (SSSR count). The maximum Gasteiger partial charge on any atom is 0.242 e. The van der Waals surface area contributed by atoms with Gasteiger partial charge >= 0.3 is 0 Å². The van der Waals surface area contributed by atoms with Crippen molar-refractivity contribution in [2.24, 2.45) is 0 Å². The highest BCUT2D eigenvalue weighted by Crippen LogP contribution is 2.01. The number of carbonyl (C=O) groups excluding carboxylic acids is 2. The van der Waals surface area contributed by atoms with Gasteiger partial charge in [-0.05, 0) is 21.1 Å². The largest absolute Gasteiger partial charge is 0.339 e. The first-order valence-electron chi connectivity index (χ1n) is 6.76. The van der Waals surface area contributed by atoms with Crippen LogP contribution in [-0.2, 0) is 9.59 Å². The zero-order valence-electron chi connectivity index (χ0n) is 12.6. The van der Waals surface area contributed by atoms with Gasteiger partial charge in [-0.1, -0.05) is 0 Å². The van der Waals surface area contributed by atoms with Gasteiger partial charge < -0.3 is 19.6 Å². The first kappa shape index (κ1) is 15.9. The number of piperazine rings is 1. The van der Waals surface area contributed by atoms with E-state index in [-0.39, 0.29) is 18.4 Å². The van der Waals surface area contributed by atoms with Crippen LogP contribution in [0, 0.1) is 0 Å². The van der Waals surface area contributed by atoms with Crippen LogP contribution in [0.25, 0.3) is 0 Å². The summed E-state index contributed by atoms with van der Waals surface area (Å²) < 4.78 is 0. The molecule has 1 fully saturated rings. The van der Waals surface area contributed by atoms with E-state index in [1.54, 1.807) is 4.90 Å². The maximum absolute atomic E-state index is 12.2. The Bertz CT molecular complexity index is 312. The summed E-state index contributed by atoms with van der Waals surface area (Å²) in [5, 5.41) is 0. The second-order valence-electron chi connectivity index (χ2n) is 5.43. The second kappa shape index (κ2) is 7.45. The van der Waals surface area contributed by atoms with E-state index in [9.17, 15) is 9.59 Å². The molecule has 19 heavy (non-hydrogen) atoms. The number of likely N-dealkylation sites (N-methyl/N-ethyl adjacent to an activating group) is 2. The van der Waals surface area contributed by atoms with E-state index in [4.69, 9.17) is 0 Å². The molecule has 0 bridgehead atoms. The molecule has 0 atom stereocenters. The van der Waals surface area contributed by atoms with Gasteiger partial charge in [0.15, 0.2) is 0 Å². The van der Waals surface area contributed by atoms with E-state index in [2.05, 4.69) is 11.9 Å². The molecule has 0 aliphatic carbocycles. The summed E-state index contributed by atoms with van der Waals surface area (Å²) in [5.41, 5.74) is 0. The minimum atomic E-state index is -0.0377. The first-order valence-corrected chi connectivity index (χ1v) is 6.76. The molecule has 0 N–H and O–H groups in total. The molecule has 0 spiro atoms. The highest BCUT2D eigenvalue weighted by molar-refractivity contribution is 5.83. The van der Waals surface area contributed by atoms with Gasteiger partial charge in [-0.15, -0.1) is 0 Å². The lowest BCUT2D eigenvalue weighted by Crippen LogP contribution is -2.51. The molecule has 6 heteroatoms. The van der Waals surface area contributed by atoms with Crippen molar-refractivity contribution in [1.29, 1.82) is 0 Å². The molecule has 0 radical (unpaired) electrons. The predicted octanol–water partition coefficient (Wildman–Crippen LogP) is -0.829. The predicted molar refractivity (Wildman–Crippen MR) is 74.9 cm³/mol. The van der Waals surface area contributed by atoms with Gasteiger partial charge in [0.05, 0.1) is 6.54 Å². The van der Waals surface area contributed by atoms with Crippen LogP contribution in [0.3, 0.4) is 0 Å². The van der Waals surface area contributed by atoms with E-state index < -0.39 is 0 Å². The fraction of sp³-hybridized carbons (Fsp3) is 0.846. The van der Waals surface area contributed by atoms with Crippen molar-refractivity contribution >= 4 is 11.8 Å². The summed E-state index contributed by atoms with van der Waals surface area (Å²) in [6, 6.07) is 0. The standard InChI is InChI=1S/C13H26N4O2/c1-12(18)17(8-5-14(2)3)11-13(19)16-9-6-15(4)7-10-16/h5-11H2,1-4H3. The normalized spacial score (nSPS) is 16.8. The fourth-order valence-electron chi connectivity index (χ4n) is 1.99. The molecule has 0 unspecified atom stereocenters. The molecule has 1 saturated heterocycles. The monoisotopic (exact) mass is 270 g/mol. The number of carbonyl (C=O) groups is 2. The van der Waals surface area contributed by atoms with Gasteiger partial charge in [-0.2, -0.15) is 0 Å². The molecular formula is C13H26N4O2. The van der Waals surface area contributed by atoms with Crippen LogP contribution in [-0.4, -0.2) is 98.4 Å². The van der Waals surface area contributed by atoms with Gasteiger partial charge in [0, 0.05) is 46.2 Å². The zero-order valence-corrected chi connectivity index (χ0v) is 12.6. The third-order valence-corrected chi connectivity index (χ3v) is 3.44. The molecule has 0 saturated carbocycles. The highest BCUT2D eigenvalue weighted by Gasteiger charge is 2.22. The lowest BCUT2D eigenvalue weighted by atomic mass is 10.3. The lowest BCUT2D eigenvalue weighted by Gasteiger charge is -2.34. The summed E-state index contributed by atoms with van der Waals surface area (Å²) in [6.07, 6.45) is 0. The van der Waals surface area contributed by atoms with E-state index in [1.807, 2.05) is 23.9 Å². The van der Waals surface area contributed by atoms with Crippen molar-refractivity contribution in [3.05, 3.63) is 0 Å². The van der Waals surface area contributed by atoms with Crippen LogP contribution < -0.4 is 0 Å². The number of nitrogens with zero attached hydrogens (tertiary/aromatic N) is 4. The van der Waals surface area contributed by atoms with Crippen LogP contribution in [0.5, 0.6) is 0 Å². The van der Waals surface area contributed by atoms with Crippen LogP contribution in [0.15, 0.2) is 0 Å². The van der Waals surface area contributed by atoms with Crippen molar-refractivity contribution in [3.63, 3.8) is 0 Å². The quantitative estimate of drug-likeness (QED) is 0.654. The molecule has 1 aliphatic heterocycles. The van der Waals surface area contributed by atoms with Crippen molar-refractivity contribution in [2.45, 2.75) is 6.92 Å². The Balaban J connectivity index is 2.44. The number of amides is 2. The summed E-state index contributed by atoms with van der Waals surface area (Å²) >= 11 is 0. The highest BCUT2D eigenvalue weighted by atomic mass is 16.2. The average molecular weight is 270 g/mol. The number of rotatable bonds is 5. The maximum atomic E-state index is 12.2. The first-order chi connectivity index (χ1) is 8.90. The molecule has 6 nitrogen and oxygen atoms in total. The van der Waals surface area contributed by atoms with Crippen molar-refractivity contribution in [3.8, 4) is 0 Å². The van der Waals surface area contributed by atoms with E-state index in [0.29, 0.717) is 6.54 Å². The smallest absolute Gasteiger partial charge is 0.242 e. The van der Waals surface area contributed by atoms with Crippen LogP contribution in [0.2, 0.25) is 0 Å². The second-order valence-corrected chi connectivity index (χ2v) is 5.43. The van der Waals surface area contributed by atoms with Gasteiger partial charge in [-0.3, -0.25) is 9.59 Å². The van der Waals surface area contributed by atoms with Gasteiger partial charge in [-0.25, -0.2) is 0 Å². The third-order valence-electron chi connectivity index (χ3n) is 3.44. The van der Waals surface area contributed by atoms with Gasteiger partial charge in [0.2, 0.25) is 11.8 Å². The summed E-state index contributed by atoms with van der Waals surface area (Å²) in [5.74, 6) is 0.0198. The number of hydrogen-bond donors (Lipinski definition) is 0. The van der Waals surface area contributed by atoms with Crippen LogP contribution in [0.1, 0.15) is 6.92 Å². The van der Waals surface area contributed by atoms with Gasteiger partial charge in [0.1, 0.15) is 0 Å². The molecule has 110 valence electrons. The molecule has 1 aliphatic rings. The Morgan fingerprint density at radius 1 is 1.05 bits per heavy atom. The Labute approximate surface area is 115 Å². The summed E-state index contributed by atoms with van der Waals surface area (Å²) in [4.78, 5) is 31.4. The lowest BCUT2D eigenvalue weighted by molar-refractivity contribution is -0.140. The average Bonchev–Trinajstić information content (AvgIpc) is 2.34. The summed E-state index contributed by atoms with van der Waals surface area (Å²) in [7, 11) is 5.97. The Morgan fingerprint density at radius 2 is 1.63 bits per heavy atom. The molecular weight excluding hydrogens is 244 g/mol. The minimum Gasteiger partial charge on any atom is -0.339 e. The van der Waals surface area contributed by atoms with Crippen molar-refractivity contribution in [2.75, 3.05) is 67.0 Å². The summed E-state index contributed by atoms with van der Waals surface area (Å²) in [6.45, 7) is 6.42. The molecule has 2 amide bonds. The zero-order chi connectivity index (χ0) is 14.4. The third kappa shape index (κ3) is 5.57. The van der Waals surface area contributed by atoms with E-state index >= 15 is 0 Å². The molecule has 1 heterocycles. The Kier molecular flexibility index (Phi) is 6.24.